The van der Waals surface area contributed by atoms with Gasteiger partial charge in [-0.1, -0.05) is 23.7 Å². The number of pyridine rings is 1. The molecule has 0 fully saturated rings. The smallest absolute Gasteiger partial charge is 0.0548 e. The Hall–Kier alpha value is -0.940. The minimum absolute atomic E-state index is 0.00784. The molecule has 0 aliphatic heterocycles. The zero-order valence-corrected chi connectivity index (χ0v) is 11.9. The third kappa shape index (κ3) is 3.29. The van der Waals surface area contributed by atoms with E-state index in [-0.39, 0.29) is 6.04 Å². The molecular weight excluding hydrogens is 314 g/mol. The fourth-order valence-electron chi connectivity index (χ4n) is 1.73. The molecule has 1 aromatic heterocycles. The molecule has 0 bridgehead atoms. The second-order valence-electron chi connectivity index (χ2n) is 3.92. The van der Waals surface area contributed by atoms with E-state index in [1.165, 1.54) is 0 Å². The summed E-state index contributed by atoms with van der Waals surface area (Å²) in [4.78, 5) is 4.30. The van der Waals surface area contributed by atoms with E-state index in [1.807, 2.05) is 36.4 Å². The minimum atomic E-state index is 0.00784. The van der Waals surface area contributed by atoms with Crippen molar-refractivity contribution in [2.24, 2.45) is 5.84 Å². The molecule has 0 saturated heterocycles. The average Bonchev–Trinajstić information content (AvgIpc) is 2.40. The molecule has 1 unspecified atom stereocenters. The van der Waals surface area contributed by atoms with Gasteiger partial charge in [-0.3, -0.25) is 16.3 Å². The zero-order valence-electron chi connectivity index (χ0n) is 9.61. The van der Waals surface area contributed by atoms with Crippen LogP contribution in [0, 0.1) is 0 Å². The molecule has 3 N–H and O–H groups in total. The minimum Gasteiger partial charge on any atom is -0.271 e. The number of aromatic nitrogens is 1. The predicted octanol–water partition coefficient (Wildman–Crippen LogP) is 3.24. The van der Waals surface area contributed by atoms with Gasteiger partial charge in [-0.15, -0.1) is 0 Å². The van der Waals surface area contributed by atoms with Gasteiger partial charge < -0.3 is 0 Å². The topological polar surface area (TPSA) is 50.9 Å². The average molecular weight is 327 g/mol. The van der Waals surface area contributed by atoms with Crippen LogP contribution in [0.25, 0.3) is 0 Å². The predicted molar refractivity (Wildman–Crippen MR) is 77.2 cm³/mol. The molecule has 0 spiro atoms. The molecule has 2 rings (SSSR count). The third-order valence-corrected chi connectivity index (χ3v) is 3.90. The largest absolute Gasteiger partial charge is 0.271 e. The monoisotopic (exact) mass is 325 g/mol. The molecule has 94 valence electrons. The van der Waals surface area contributed by atoms with Crippen molar-refractivity contribution in [1.82, 2.24) is 10.4 Å². The van der Waals surface area contributed by atoms with Gasteiger partial charge in [0.25, 0.3) is 0 Å². The lowest BCUT2D eigenvalue weighted by Gasteiger charge is -2.16. The first kappa shape index (κ1) is 13.5. The van der Waals surface area contributed by atoms with Crippen molar-refractivity contribution in [3.8, 4) is 0 Å². The van der Waals surface area contributed by atoms with Crippen LogP contribution in [0.1, 0.15) is 17.3 Å². The number of nitrogens with zero attached hydrogens (tertiary/aromatic N) is 1. The number of nitrogens with two attached hydrogens (primary N) is 1. The molecule has 5 heteroatoms. The molecule has 0 aliphatic rings. The van der Waals surface area contributed by atoms with E-state index in [9.17, 15) is 0 Å². The fourth-order valence-corrected chi connectivity index (χ4v) is 2.24. The van der Waals surface area contributed by atoms with Crippen molar-refractivity contribution in [2.75, 3.05) is 0 Å². The van der Waals surface area contributed by atoms with Crippen molar-refractivity contribution in [3.63, 3.8) is 0 Å². The molecule has 0 saturated carbocycles. The lowest BCUT2D eigenvalue weighted by Crippen LogP contribution is -2.29. The van der Waals surface area contributed by atoms with Crippen LogP contribution in [-0.4, -0.2) is 4.98 Å². The van der Waals surface area contributed by atoms with E-state index in [0.29, 0.717) is 5.02 Å². The SMILES string of the molecule is NNC(Cc1ccccn1)c1ccc(Cl)c(Br)c1. The maximum Gasteiger partial charge on any atom is 0.0548 e. The summed E-state index contributed by atoms with van der Waals surface area (Å²) < 4.78 is 0.864. The van der Waals surface area contributed by atoms with E-state index in [0.717, 1.165) is 22.2 Å². The summed E-state index contributed by atoms with van der Waals surface area (Å²) in [7, 11) is 0. The molecular formula is C13H13BrClN3. The van der Waals surface area contributed by atoms with E-state index >= 15 is 0 Å². The van der Waals surface area contributed by atoms with E-state index in [2.05, 4.69) is 26.3 Å². The number of benzene rings is 1. The molecule has 1 atom stereocenters. The standard InChI is InChI=1S/C13H13BrClN3/c14-11-7-9(4-5-12(11)15)13(18-16)8-10-3-1-2-6-17-10/h1-7,13,18H,8,16H2. The first-order chi connectivity index (χ1) is 8.70. The van der Waals surface area contributed by atoms with Crippen LogP contribution in [0.4, 0.5) is 0 Å². The van der Waals surface area contributed by atoms with E-state index in [4.69, 9.17) is 17.4 Å². The van der Waals surface area contributed by atoms with Crippen LogP contribution < -0.4 is 11.3 Å². The highest BCUT2D eigenvalue weighted by molar-refractivity contribution is 9.10. The summed E-state index contributed by atoms with van der Waals surface area (Å²) in [5.74, 6) is 5.61. The maximum atomic E-state index is 5.98. The van der Waals surface area contributed by atoms with Gasteiger partial charge in [-0.05, 0) is 45.8 Å². The first-order valence-corrected chi connectivity index (χ1v) is 6.69. The lowest BCUT2D eigenvalue weighted by molar-refractivity contribution is 0.546. The Bertz CT molecular complexity index is 519. The number of halogens is 2. The Morgan fingerprint density at radius 1 is 1.33 bits per heavy atom. The highest BCUT2D eigenvalue weighted by Gasteiger charge is 2.12. The summed E-state index contributed by atoms with van der Waals surface area (Å²) in [6.07, 6.45) is 2.51. The number of nitrogens with one attached hydrogen (secondary N) is 1. The van der Waals surface area contributed by atoms with Gasteiger partial charge >= 0.3 is 0 Å². The van der Waals surface area contributed by atoms with Gasteiger partial charge in [0.05, 0.1) is 11.1 Å². The summed E-state index contributed by atoms with van der Waals surface area (Å²) in [5.41, 5.74) is 4.87. The molecule has 0 aliphatic carbocycles. The molecule has 3 nitrogen and oxygen atoms in total. The highest BCUT2D eigenvalue weighted by Crippen LogP contribution is 2.27. The second kappa shape index (κ2) is 6.29. The first-order valence-electron chi connectivity index (χ1n) is 5.51. The van der Waals surface area contributed by atoms with Crippen LogP contribution in [0.5, 0.6) is 0 Å². The summed E-state index contributed by atoms with van der Waals surface area (Å²) >= 11 is 9.39. The molecule has 1 heterocycles. The lowest BCUT2D eigenvalue weighted by atomic mass is 10.0. The van der Waals surface area contributed by atoms with E-state index in [1.54, 1.807) is 6.20 Å². The maximum absolute atomic E-state index is 5.98. The summed E-state index contributed by atoms with van der Waals surface area (Å²) in [6.45, 7) is 0. The Morgan fingerprint density at radius 3 is 2.78 bits per heavy atom. The molecule has 0 radical (unpaired) electrons. The van der Waals surface area contributed by atoms with Crippen LogP contribution in [0.15, 0.2) is 47.1 Å². The Balaban J connectivity index is 2.20. The normalized spacial score (nSPS) is 12.4. The van der Waals surface area contributed by atoms with E-state index < -0.39 is 0 Å². The number of rotatable bonds is 4. The van der Waals surface area contributed by atoms with Gasteiger partial charge in [0.15, 0.2) is 0 Å². The van der Waals surface area contributed by atoms with Crippen molar-refractivity contribution in [2.45, 2.75) is 12.5 Å². The molecule has 1 aromatic carbocycles. The summed E-state index contributed by atoms with van der Waals surface area (Å²) in [6, 6.07) is 11.6. The third-order valence-electron chi connectivity index (χ3n) is 2.69. The van der Waals surface area contributed by atoms with Gasteiger partial charge in [0.1, 0.15) is 0 Å². The molecule has 0 amide bonds. The van der Waals surface area contributed by atoms with Gasteiger partial charge in [-0.25, -0.2) is 0 Å². The quantitative estimate of drug-likeness (QED) is 0.670. The molecule has 18 heavy (non-hydrogen) atoms. The fraction of sp³-hybridized carbons (Fsp3) is 0.154. The van der Waals surface area contributed by atoms with Crippen LogP contribution in [0.2, 0.25) is 5.02 Å². The number of hydrogen-bond donors (Lipinski definition) is 2. The number of hydrazine groups is 1. The second-order valence-corrected chi connectivity index (χ2v) is 5.18. The summed E-state index contributed by atoms with van der Waals surface area (Å²) in [5, 5.41) is 0.687. The van der Waals surface area contributed by atoms with Crippen molar-refractivity contribution < 1.29 is 0 Å². The zero-order chi connectivity index (χ0) is 13.0. The Kier molecular flexibility index (Phi) is 4.72. The van der Waals surface area contributed by atoms with Gasteiger partial charge in [-0.2, -0.15) is 0 Å². The Labute approximate surface area is 119 Å². The van der Waals surface area contributed by atoms with Crippen LogP contribution in [-0.2, 0) is 6.42 Å². The molecule has 2 aromatic rings. The van der Waals surface area contributed by atoms with Crippen LogP contribution >= 0.6 is 27.5 Å². The Morgan fingerprint density at radius 2 is 2.17 bits per heavy atom. The van der Waals surface area contributed by atoms with Crippen LogP contribution in [0.3, 0.4) is 0 Å². The van der Waals surface area contributed by atoms with Crippen molar-refractivity contribution >= 4 is 27.5 Å². The van der Waals surface area contributed by atoms with Gasteiger partial charge in [0, 0.05) is 22.8 Å². The highest BCUT2D eigenvalue weighted by atomic mass is 79.9. The number of hydrogen-bond acceptors (Lipinski definition) is 3. The van der Waals surface area contributed by atoms with Crippen molar-refractivity contribution in [1.29, 1.82) is 0 Å². The van der Waals surface area contributed by atoms with Gasteiger partial charge in [0.2, 0.25) is 0 Å². The van der Waals surface area contributed by atoms with Crippen molar-refractivity contribution in [3.05, 3.63) is 63.3 Å².